The molecule has 1 unspecified atom stereocenters. The number of nitrogens with two attached hydrogens (primary N) is 1. The molecule has 0 aliphatic carbocycles. The molecule has 1 aliphatic rings. The van der Waals surface area contributed by atoms with Crippen molar-refractivity contribution in [2.45, 2.75) is 24.7 Å². The summed E-state index contributed by atoms with van der Waals surface area (Å²) in [4.78, 5) is 12.7. The van der Waals surface area contributed by atoms with E-state index in [9.17, 15) is 44.3 Å². The third-order valence-corrected chi connectivity index (χ3v) is 5.49. The lowest BCUT2D eigenvalue weighted by molar-refractivity contribution is -0.147. The van der Waals surface area contributed by atoms with E-state index in [-0.39, 0.29) is 17.1 Å². The molecule has 1 atom stereocenters. The van der Waals surface area contributed by atoms with Crippen LogP contribution in [0, 0.1) is 0 Å². The number of hydrazine groups is 1. The minimum absolute atomic E-state index is 0.159. The Bertz CT molecular complexity index is 922. The van der Waals surface area contributed by atoms with Crippen molar-refractivity contribution in [3.63, 3.8) is 0 Å². The Morgan fingerprint density at radius 2 is 1.50 bits per heavy atom. The standard InChI is InChI=1S/C15H8Br2F9N3O/c1-2-28-11(29(27)10(15(24,25)26)9(17)12(28)30)6-3-5(13(18,19)20)4-7(8(6)16)14(21,22)23/h2-4,11H,1,27H2. The van der Waals surface area contributed by atoms with Crippen molar-refractivity contribution in [2.75, 3.05) is 0 Å². The Kier molecular flexibility index (Phi) is 6.33. The molecule has 1 aliphatic heterocycles. The Morgan fingerprint density at radius 1 is 0.967 bits per heavy atom. The minimum atomic E-state index is -5.31. The molecule has 30 heavy (non-hydrogen) atoms. The molecule has 1 aromatic rings. The molecule has 0 saturated carbocycles. The van der Waals surface area contributed by atoms with Gasteiger partial charge in [-0.2, -0.15) is 39.5 Å². The first-order valence-corrected chi connectivity index (χ1v) is 8.95. The van der Waals surface area contributed by atoms with Gasteiger partial charge < -0.3 is 0 Å². The lowest BCUT2D eigenvalue weighted by atomic mass is 10.0. The van der Waals surface area contributed by atoms with Crippen LogP contribution in [0.3, 0.4) is 0 Å². The van der Waals surface area contributed by atoms with Crippen LogP contribution in [0.1, 0.15) is 22.9 Å². The first-order valence-electron chi connectivity index (χ1n) is 7.36. The predicted molar refractivity (Wildman–Crippen MR) is 92.0 cm³/mol. The zero-order valence-electron chi connectivity index (χ0n) is 14.1. The summed E-state index contributed by atoms with van der Waals surface area (Å²) in [7, 11) is 0. The Labute approximate surface area is 179 Å². The summed E-state index contributed by atoms with van der Waals surface area (Å²) in [6.07, 6.45) is -17.5. The van der Waals surface area contributed by atoms with Gasteiger partial charge in [-0.05, 0) is 44.0 Å². The van der Waals surface area contributed by atoms with E-state index in [1.807, 2.05) is 0 Å². The van der Waals surface area contributed by atoms with Gasteiger partial charge in [0.2, 0.25) is 0 Å². The summed E-state index contributed by atoms with van der Waals surface area (Å²) in [5.41, 5.74) is -6.41. The highest BCUT2D eigenvalue weighted by atomic mass is 79.9. The monoisotopic (exact) mass is 575 g/mol. The Morgan fingerprint density at radius 3 is 1.90 bits per heavy atom. The van der Waals surface area contributed by atoms with Gasteiger partial charge in [-0.25, -0.2) is 5.84 Å². The molecule has 0 fully saturated rings. The molecule has 2 rings (SSSR count). The van der Waals surface area contributed by atoms with Gasteiger partial charge in [-0.1, -0.05) is 6.58 Å². The van der Waals surface area contributed by atoms with Crippen molar-refractivity contribution < 1.29 is 44.3 Å². The maximum absolute atomic E-state index is 13.4. The first kappa shape index (κ1) is 24.5. The molecule has 15 heteroatoms. The first-order chi connectivity index (χ1) is 13.4. The quantitative estimate of drug-likeness (QED) is 0.357. The number of hydrogen-bond acceptors (Lipinski definition) is 3. The van der Waals surface area contributed by atoms with Crippen LogP contribution in [0.5, 0.6) is 0 Å². The smallest absolute Gasteiger partial charge is 0.288 e. The number of nitrogens with zero attached hydrogens (tertiary/aromatic N) is 2. The summed E-state index contributed by atoms with van der Waals surface area (Å²) in [5.74, 6) is 4.02. The van der Waals surface area contributed by atoms with Crippen LogP contribution >= 0.6 is 31.9 Å². The van der Waals surface area contributed by atoms with Crippen molar-refractivity contribution in [1.29, 1.82) is 0 Å². The van der Waals surface area contributed by atoms with Crippen LogP contribution in [0.2, 0.25) is 0 Å². The summed E-state index contributed by atoms with van der Waals surface area (Å²) in [6.45, 7) is 3.18. The van der Waals surface area contributed by atoms with E-state index in [4.69, 9.17) is 5.84 Å². The highest BCUT2D eigenvalue weighted by Gasteiger charge is 2.50. The molecule has 0 bridgehead atoms. The Balaban J connectivity index is 2.90. The molecule has 1 amide bonds. The fraction of sp³-hybridized carbons (Fsp3) is 0.267. The second-order valence-corrected chi connectivity index (χ2v) is 7.34. The number of alkyl halides is 9. The maximum atomic E-state index is 13.4. The van der Waals surface area contributed by atoms with Crippen LogP contribution in [0.25, 0.3) is 0 Å². The van der Waals surface area contributed by atoms with E-state index >= 15 is 0 Å². The number of amides is 1. The number of allylic oxidation sites excluding steroid dienone is 1. The summed E-state index contributed by atoms with van der Waals surface area (Å²) in [5, 5.41) is -0.159. The topological polar surface area (TPSA) is 49.6 Å². The van der Waals surface area contributed by atoms with E-state index in [0.29, 0.717) is 11.1 Å². The van der Waals surface area contributed by atoms with Crippen molar-refractivity contribution >= 4 is 37.8 Å². The second-order valence-electron chi connectivity index (χ2n) is 5.76. The van der Waals surface area contributed by atoms with E-state index < -0.39 is 61.9 Å². The highest BCUT2D eigenvalue weighted by molar-refractivity contribution is 9.12. The van der Waals surface area contributed by atoms with Crippen molar-refractivity contribution in [2.24, 2.45) is 5.84 Å². The largest absolute Gasteiger partial charge is 0.433 e. The van der Waals surface area contributed by atoms with Gasteiger partial charge in [-0.15, -0.1) is 0 Å². The summed E-state index contributed by atoms with van der Waals surface area (Å²) < 4.78 is 118. The number of hydrogen-bond donors (Lipinski definition) is 1. The third-order valence-electron chi connectivity index (χ3n) is 3.89. The lowest BCUT2D eigenvalue weighted by Crippen LogP contribution is -2.52. The van der Waals surface area contributed by atoms with Crippen LogP contribution in [0.4, 0.5) is 39.5 Å². The van der Waals surface area contributed by atoms with Crippen LogP contribution in [0.15, 0.2) is 39.6 Å². The summed E-state index contributed by atoms with van der Waals surface area (Å²) in [6, 6.07) is -0.0470. The Hall–Kier alpha value is -1.74. The molecule has 0 spiro atoms. The predicted octanol–water partition coefficient (Wildman–Crippen LogP) is 5.82. The molecule has 2 N–H and O–H groups in total. The zero-order chi connectivity index (χ0) is 23.4. The highest BCUT2D eigenvalue weighted by Crippen LogP contribution is 2.48. The molecule has 1 aromatic carbocycles. The average Bonchev–Trinajstić information content (AvgIpc) is 2.55. The van der Waals surface area contributed by atoms with Crippen LogP contribution < -0.4 is 5.84 Å². The molecular formula is C15H8Br2F9N3O. The van der Waals surface area contributed by atoms with E-state index in [1.54, 1.807) is 0 Å². The number of halogens is 11. The SMILES string of the molecule is C=CN1C(=O)C(Br)=C(C(F)(F)F)N(N)C1c1cc(C(F)(F)F)cc(C(F)(F)F)c1Br. The number of carbonyl (C=O) groups is 1. The fourth-order valence-electron chi connectivity index (χ4n) is 2.65. The second kappa shape index (κ2) is 7.75. The molecular weight excluding hydrogens is 569 g/mol. The number of carbonyl (C=O) groups excluding carboxylic acids is 1. The number of rotatable bonds is 2. The van der Waals surface area contributed by atoms with Gasteiger partial charge >= 0.3 is 18.5 Å². The summed E-state index contributed by atoms with van der Waals surface area (Å²) >= 11 is 4.91. The van der Waals surface area contributed by atoms with E-state index in [2.05, 4.69) is 38.4 Å². The van der Waals surface area contributed by atoms with Crippen LogP contribution in [-0.2, 0) is 17.1 Å². The van der Waals surface area contributed by atoms with Gasteiger partial charge in [0, 0.05) is 16.2 Å². The molecule has 0 aromatic heterocycles. The fourth-order valence-corrected chi connectivity index (χ4v) is 3.95. The lowest BCUT2D eigenvalue weighted by Gasteiger charge is -2.42. The van der Waals surface area contributed by atoms with Crippen molar-refractivity contribution in [3.05, 3.63) is 56.3 Å². The molecule has 166 valence electrons. The molecule has 1 heterocycles. The minimum Gasteiger partial charge on any atom is -0.288 e. The average molecular weight is 577 g/mol. The van der Waals surface area contributed by atoms with Gasteiger partial charge in [0.05, 0.1) is 11.1 Å². The maximum Gasteiger partial charge on any atom is 0.433 e. The van der Waals surface area contributed by atoms with E-state index in [1.165, 1.54) is 0 Å². The van der Waals surface area contributed by atoms with Crippen LogP contribution in [-0.4, -0.2) is 22.0 Å². The third kappa shape index (κ3) is 4.32. The van der Waals surface area contributed by atoms with Crippen molar-refractivity contribution in [3.8, 4) is 0 Å². The van der Waals surface area contributed by atoms with Gasteiger partial charge in [0.25, 0.3) is 5.91 Å². The molecule has 0 radical (unpaired) electrons. The van der Waals surface area contributed by atoms with Gasteiger partial charge in [0.1, 0.15) is 10.6 Å². The molecule has 0 saturated heterocycles. The molecule has 4 nitrogen and oxygen atoms in total. The van der Waals surface area contributed by atoms with E-state index in [0.717, 1.165) is 0 Å². The number of benzene rings is 1. The normalized spacial score (nSPS) is 18.9. The zero-order valence-corrected chi connectivity index (χ0v) is 17.2. The van der Waals surface area contributed by atoms with Crippen molar-refractivity contribution in [1.82, 2.24) is 9.91 Å². The van der Waals surface area contributed by atoms with Gasteiger partial charge in [-0.3, -0.25) is 14.7 Å². The van der Waals surface area contributed by atoms with Gasteiger partial charge in [0.15, 0.2) is 5.70 Å².